The van der Waals surface area contributed by atoms with Gasteiger partial charge in [0.1, 0.15) is 12.4 Å². The lowest BCUT2D eigenvalue weighted by Crippen LogP contribution is -2.26. The number of imidazole rings is 1. The highest BCUT2D eigenvalue weighted by Gasteiger charge is 2.09. The summed E-state index contributed by atoms with van der Waals surface area (Å²) in [7, 11) is 1.28. The van der Waals surface area contributed by atoms with Crippen molar-refractivity contribution in [1.29, 1.82) is 5.41 Å². The molecule has 0 spiro atoms. The number of methoxy groups -OCH3 is 1. The summed E-state index contributed by atoms with van der Waals surface area (Å²) < 4.78 is 7.34. The number of carbonyl (C=O) groups excluding carboxylic acids is 1. The number of nitrogens with two attached hydrogens (primary N) is 1. The van der Waals surface area contributed by atoms with Crippen LogP contribution >= 0.6 is 0 Å². The Morgan fingerprint density at radius 3 is 2.15 bits per heavy atom. The predicted octanol–water partition coefficient (Wildman–Crippen LogP) is 1.76. The SMILES string of the molecule is COC(=O)Cn1ccn(-c2ccc(-c3ccc(C(=N)N)cc3)cc2)c1=O. The highest BCUT2D eigenvalue weighted by molar-refractivity contribution is 5.95. The topological polar surface area (TPSA) is 103 Å². The van der Waals surface area contributed by atoms with Gasteiger partial charge in [-0.3, -0.25) is 19.3 Å². The number of amidine groups is 1. The van der Waals surface area contributed by atoms with Crippen LogP contribution in [-0.4, -0.2) is 28.0 Å². The Morgan fingerprint density at radius 2 is 1.62 bits per heavy atom. The maximum Gasteiger partial charge on any atom is 0.333 e. The molecule has 3 rings (SSSR count). The zero-order valence-electron chi connectivity index (χ0n) is 14.2. The van der Waals surface area contributed by atoms with E-state index in [2.05, 4.69) is 4.74 Å². The average molecular weight is 350 g/mol. The van der Waals surface area contributed by atoms with E-state index >= 15 is 0 Å². The minimum absolute atomic E-state index is 0.0303. The summed E-state index contributed by atoms with van der Waals surface area (Å²) in [5.74, 6) is -0.447. The van der Waals surface area contributed by atoms with E-state index in [1.165, 1.54) is 16.2 Å². The van der Waals surface area contributed by atoms with Gasteiger partial charge in [0, 0.05) is 18.0 Å². The van der Waals surface area contributed by atoms with Crippen LogP contribution in [0.4, 0.5) is 0 Å². The Kier molecular flexibility index (Phi) is 4.70. The van der Waals surface area contributed by atoms with E-state index in [-0.39, 0.29) is 18.1 Å². The summed E-state index contributed by atoms with van der Waals surface area (Å²) in [6.07, 6.45) is 3.16. The van der Waals surface area contributed by atoms with Crippen molar-refractivity contribution in [2.24, 2.45) is 5.73 Å². The van der Waals surface area contributed by atoms with Gasteiger partial charge in [0.05, 0.1) is 12.8 Å². The zero-order chi connectivity index (χ0) is 18.7. The number of hydrogen-bond acceptors (Lipinski definition) is 4. The van der Waals surface area contributed by atoms with Crippen molar-refractivity contribution in [2.45, 2.75) is 6.54 Å². The van der Waals surface area contributed by atoms with Gasteiger partial charge in [-0.1, -0.05) is 36.4 Å². The first-order valence-electron chi connectivity index (χ1n) is 7.89. The van der Waals surface area contributed by atoms with Gasteiger partial charge in [0.25, 0.3) is 0 Å². The Balaban J connectivity index is 1.85. The second-order valence-electron chi connectivity index (χ2n) is 5.69. The zero-order valence-corrected chi connectivity index (χ0v) is 14.2. The fourth-order valence-corrected chi connectivity index (χ4v) is 2.59. The van der Waals surface area contributed by atoms with E-state index in [4.69, 9.17) is 11.1 Å². The fourth-order valence-electron chi connectivity index (χ4n) is 2.59. The van der Waals surface area contributed by atoms with Crippen LogP contribution in [0.15, 0.2) is 65.7 Å². The van der Waals surface area contributed by atoms with E-state index in [9.17, 15) is 9.59 Å². The number of benzene rings is 2. The molecule has 0 saturated heterocycles. The highest BCUT2D eigenvalue weighted by atomic mass is 16.5. The molecular weight excluding hydrogens is 332 g/mol. The normalized spacial score (nSPS) is 10.5. The van der Waals surface area contributed by atoms with Gasteiger partial charge in [-0.05, 0) is 23.3 Å². The molecule has 2 aromatic carbocycles. The first-order valence-corrected chi connectivity index (χ1v) is 7.89. The Hall–Kier alpha value is -3.61. The van der Waals surface area contributed by atoms with Crippen LogP contribution in [-0.2, 0) is 16.1 Å². The van der Waals surface area contributed by atoms with Gasteiger partial charge < -0.3 is 10.5 Å². The molecule has 7 heteroatoms. The van der Waals surface area contributed by atoms with Crippen LogP contribution in [0.3, 0.4) is 0 Å². The maximum atomic E-state index is 12.4. The summed E-state index contributed by atoms with van der Waals surface area (Å²) in [6.45, 7) is -0.122. The fraction of sp³-hybridized carbons (Fsp3) is 0.105. The number of nitrogen functional groups attached to an aromatic ring is 1. The minimum atomic E-state index is -0.478. The predicted molar refractivity (Wildman–Crippen MR) is 98.5 cm³/mol. The maximum absolute atomic E-state index is 12.4. The molecule has 0 aliphatic rings. The monoisotopic (exact) mass is 350 g/mol. The molecule has 7 nitrogen and oxygen atoms in total. The Bertz CT molecular complexity index is 999. The third-order valence-corrected chi connectivity index (χ3v) is 4.05. The first-order chi connectivity index (χ1) is 12.5. The minimum Gasteiger partial charge on any atom is -0.468 e. The molecule has 0 unspecified atom stereocenters. The van der Waals surface area contributed by atoms with Gasteiger partial charge in [-0.2, -0.15) is 0 Å². The van der Waals surface area contributed by atoms with Crippen LogP contribution in [0.25, 0.3) is 16.8 Å². The second-order valence-corrected chi connectivity index (χ2v) is 5.69. The molecule has 1 aromatic heterocycles. The number of nitrogens with zero attached hydrogens (tertiary/aromatic N) is 2. The number of rotatable bonds is 5. The molecule has 0 radical (unpaired) electrons. The lowest BCUT2D eigenvalue weighted by Gasteiger charge is -2.06. The van der Waals surface area contributed by atoms with Gasteiger partial charge >= 0.3 is 11.7 Å². The van der Waals surface area contributed by atoms with Crippen LogP contribution in [0, 0.1) is 5.41 Å². The van der Waals surface area contributed by atoms with Crippen LogP contribution < -0.4 is 11.4 Å². The van der Waals surface area contributed by atoms with E-state index in [0.717, 1.165) is 11.1 Å². The summed E-state index contributed by atoms with van der Waals surface area (Å²) in [5.41, 5.74) is 8.48. The molecule has 0 saturated carbocycles. The quantitative estimate of drug-likeness (QED) is 0.416. The molecule has 1 heterocycles. The van der Waals surface area contributed by atoms with E-state index < -0.39 is 5.97 Å². The number of nitrogens with one attached hydrogen (secondary N) is 1. The average Bonchev–Trinajstić information content (AvgIpc) is 3.02. The molecule has 3 aromatic rings. The van der Waals surface area contributed by atoms with Gasteiger partial charge in [-0.15, -0.1) is 0 Å². The molecule has 0 aliphatic carbocycles. The summed E-state index contributed by atoms with van der Waals surface area (Å²) >= 11 is 0. The smallest absolute Gasteiger partial charge is 0.333 e. The molecule has 132 valence electrons. The van der Waals surface area contributed by atoms with E-state index in [1.54, 1.807) is 24.5 Å². The third-order valence-electron chi connectivity index (χ3n) is 4.05. The van der Waals surface area contributed by atoms with E-state index in [0.29, 0.717) is 11.3 Å². The molecule has 0 aliphatic heterocycles. The van der Waals surface area contributed by atoms with Crippen LogP contribution in [0.2, 0.25) is 0 Å². The van der Waals surface area contributed by atoms with Gasteiger partial charge in [-0.25, -0.2) is 4.79 Å². The van der Waals surface area contributed by atoms with Gasteiger partial charge in [0.2, 0.25) is 0 Å². The van der Waals surface area contributed by atoms with Crippen molar-refractivity contribution in [3.8, 4) is 16.8 Å². The molecule has 0 atom stereocenters. The summed E-state index contributed by atoms with van der Waals surface area (Å²) in [6, 6.07) is 14.8. The Labute approximate surface area is 149 Å². The standard InChI is InChI=1S/C19H18N4O3/c1-26-17(24)12-22-10-11-23(19(22)25)16-8-6-14(7-9-16)13-2-4-15(5-3-13)18(20)21/h2-11H,12H2,1H3,(H3,20,21). The number of ether oxygens (including phenoxy) is 1. The molecular formula is C19H18N4O3. The first kappa shape index (κ1) is 17.2. The van der Waals surface area contributed by atoms with Crippen LogP contribution in [0.5, 0.6) is 0 Å². The molecule has 26 heavy (non-hydrogen) atoms. The van der Waals surface area contributed by atoms with Crippen molar-refractivity contribution in [3.63, 3.8) is 0 Å². The van der Waals surface area contributed by atoms with Crippen molar-refractivity contribution in [1.82, 2.24) is 9.13 Å². The molecule has 0 amide bonds. The third kappa shape index (κ3) is 3.41. The highest BCUT2D eigenvalue weighted by Crippen LogP contribution is 2.21. The summed E-state index contributed by atoms with van der Waals surface area (Å²) in [5, 5.41) is 7.43. The summed E-state index contributed by atoms with van der Waals surface area (Å²) in [4.78, 5) is 23.7. The van der Waals surface area contributed by atoms with Gasteiger partial charge in [0.15, 0.2) is 0 Å². The second kappa shape index (κ2) is 7.10. The number of aromatic nitrogens is 2. The Morgan fingerprint density at radius 1 is 1.04 bits per heavy atom. The van der Waals surface area contributed by atoms with Crippen molar-refractivity contribution in [3.05, 3.63) is 77.0 Å². The van der Waals surface area contributed by atoms with Crippen molar-refractivity contribution in [2.75, 3.05) is 7.11 Å². The molecule has 0 fully saturated rings. The molecule has 0 bridgehead atoms. The van der Waals surface area contributed by atoms with Crippen molar-refractivity contribution >= 4 is 11.8 Å². The lowest BCUT2D eigenvalue weighted by molar-refractivity contribution is -0.141. The lowest BCUT2D eigenvalue weighted by atomic mass is 10.0. The molecule has 3 N–H and O–H groups in total. The number of esters is 1. The van der Waals surface area contributed by atoms with Crippen LogP contribution in [0.1, 0.15) is 5.56 Å². The van der Waals surface area contributed by atoms with E-state index in [1.807, 2.05) is 36.4 Å². The largest absolute Gasteiger partial charge is 0.468 e. The number of carbonyl (C=O) groups is 1. The van der Waals surface area contributed by atoms with Crippen molar-refractivity contribution < 1.29 is 9.53 Å². The number of hydrogen-bond donors (Lipinski definition) is 2.